The number of benzene rings is 1. The monoisotopic (exact) mass is 233 g/mol. The average molecular weight is 233 g/mol. The van der Waals surface area contributed by atoms with Crippen LogP contribution in [-0.4, -0.2) is 49.1 Å². The first-order chi connectivity index (χ1) is 8.38. The van der Waals surface area contributed by atoms with Gasteiger partial charge in [0.2, 0.25) is 0 Å². The number of nitrogens with zero attached hydrogens (tertiary/aromatic N) is 2. The van der Waals surface area contributed by atoms with Gasteiger partial charge in [-0.2, -0.15) is 0 Å². The Morgan fingerprint density at radius 1 is 0.941 bits per heavy atom. The molecule has 94 valence electrons. The Balaban J connectivity index is 1.83. The van der Waals surface area contributed by atoms with Gasteiger partial charge in [-0.05, 0) is 25.1 Å². The molecule has 2 N–H and O–H groups in total. The predicted molar refractivity (Wildman–Crippen MR) is 71.8 cm³/mol. The van der Waals surface area contributed by atoms with Gasteiger partial charge in [0.25, 0.3) is 0 Å². The summed E-state index contributed by atoms with van der Waals surface area (Å²) in [7, 11) is 0. The lowest BCUT2D eigenvalue weighted by Gasteiger charge is -2.21. The van der Waals surface area contributed by atoms with Crippen molar-refractivity contribution in [2.75, 3.05) is 39.3 Å². The van der Waals surface area contributed by atoms with Crippen LogP contribution in [0.15, 0.2) is 30.3 Å². The number of rotatable bonds is 4. The third-order valence-electron chi connectivity index (χ3n) is 3.38. The molecule has 1 aliphatic rings. The Bertz CT molecular complexity index is 313. The summed E-state index contributed by atoms with van der Waals surface area (Å²) in [5.41, 5.74) is 7.03. The van der Waals surface area contributed by atoms with Crippen LogP contribution >= 0.6 is 0 Å². The van der Waals surface area contributed by atoms with Crippen molar-refractivity contribution in [2.45, 2.75) is 13.0 Å². The molecule has 0 unspecified atom stereocenters. The maximum atomic E-state index is 5.61. The molecule has 0 aliphatic carbocycles. The van der Waals surface area contributed by atoms with Crippen LogP contribution in [-0.2, 0) is 6.54 Å². The van der Waals surface area contributed by atoms with Crippen LogP contribution in [0, 0.1) is 0 Å². The summed E-state index contributed by atoms with van der Waals surface area (Å²) in [5.74, 6) is 0. The molecule has 1 aromatic rings. The summed E-state index contributed by atoms with van der Waals surface area (Å²) < 4.78 is 0. The highest BCUT2D eigenvalue weighted by Gasteiger charge is 2.13. The van der Waals surface area contributed by atoms with Gasteiger partial charge in [0.05, 0.1) is 0 Å². The smallest absolute Gasteiger partial charge is 0.0234 e. The minimum atomic E-state index is 0.776. The first kappa shape index (κ1) is 12.6. The van der Waals surface area contributed by atoms with Crippen molar-refractivity contribution in [1.82, 2.24) is 9.80 Å². The van der Waals surface area contributed by atoms with Crippen LogP contribution in [0.1, 0.15) is 12.0 Å². The lowest BCUT2D eigenvalue weighted by molar-refractivity contribution is 0.255. The first-order valence-corrected chi connectivity index (χ1v) is 6.57. The summed E-state index contributed by atoms with van der Waals surface area (Å²) in [4.78, 5) is 5.02. The van der Waals surface area contributed by atoms with Crippen molar-refractivity contribution >= 4 is 0 Å². The molecule has 1 heterocycles. The summed E-state index contributed by atoms with van der Waals surface area (Å²) in [6.07, 6.45) is 1.26. The van der Waals surface area contributed by atoms with E-state index in [0.29, 0.717) is 0 Å². The van der Waals surface area contributed by atoms with Crippen molar-refractivity contribution < 1.29 is 0 Å². The van der Waals surface area contributed by atoms with Gasteiger partial charge >= 0.3 is 0 Å². The van der Waals surface area contributed by atoms with E-state index in [1.165, 1.54) is 25.1 Å². The predicted octanol–water partition coefficient (Wildman–Crippen LogP) is 1.15. The standard InChI is InChI=1S/C14H23N3/c15-7-10-16-8-4-9-17(12-11-16)13-14-5-2-1-3-6-14/h1-3,5-6H,4,7-13,15H2. The molecule has 0 saturated carbocycles. The second-order valence-electron chi connectivity index (χ2n) is 4.75. The maximum absolute atomic E-state index is 5.61. The van der Waals surface area contributed by atoms with Crippen LogP contribution < -0.4 is 5.73 Å². The van der Waals surface area contributed by atoms with E-state index in [4.69, 9.17) is 5.73 Å². The molecule has 0 atom stereocenters. The molecule has 0 bridgehead atoms. The molecule has 0 aromatic heterocycles. The first-order valence-electron chi connectivity index (χ1n) is 6.57. The maximum Gasteiger partial charge on any atom is 0.0234 e. The van der Waals surface area contributed by atoms with Gasteiger partial charge in [-0.25, -0.2) is 0 Å². The van der Waals surface area contributed by atoms with Crippen LogP contribution in [0.3, 0.4) is 0 Å². The second-order valence-corrected chi connectivity index (χ2v) is 4.75. The number of hydrogen-bond acceptors (Lipinski definition) is 3. The molecule has 2 rings (SSSR count). The molecule has 1 aromatic carbocycles. The molecule has 1 aliphatic heterocycles. The van der Waals surface area contributed by atoms with E-state index in [1.807, 2.05) is 0 Å². The Labute approximate surface area is 104 Å². The number of nitrogens with two attached hydrogens (primary N) is 1. The minimum absolute atomic E-state index is 0.776. The summed E-state index contributed by atoms with van der Waals surface area (Å²) >= 11 is 0. The van der Waals surface area contributed by atoms with Crippen LogP contribution in [0.5, 0.6) is 0 Å². The molecule has 0 spiro atoms. The third-order valence-corrected chi connectivity index (χ3v) is 3.38. The highest BCUT2D eigenvalue weighted by atomic mass is 15.2. The van der Waals surface area contributed by atoms with Crippen molar-refractivity contribution in [3.8, 4) is 0 Å². The van der Waals surface area contributed by atoms with Crippen molar-refractivity contribution in [3.05, 3.63) is 35.9 Å². The van der Waals surface area contributed by atoms with E-state index in [-0.39, 0.29) is 0 Å². The SMILES string of the molecule is NCCN1CCCN(Cc2ccccc2)CC1. The fraction of sp³-hybridized carbons (Fsp3) is 0.571. The van der Waals surface area contributed by atoms with Crippen molar-refractivity contribution in [2.24, 2.45) is 5.73 Å². The molecule has 1 saturated heterocycles. The lowest BCUT2D eigenvalue weighted by Crippen LogP contribution is -2.33. The minimum Gasteiger partial charge on any atom is -0.329 e. The molecule has 3 nitrogen and oxygen atoms in total. The van der Waals surface area contributed by atoms with Crippen LogP contribution in [0.25, 0.3) is 0 Å². The van der Waals surface area contributed by atoms with Gasteiger partial charge in [0.1, 0.15) is 0 Å². The van der Waals surface area contributed by atoms with Gasteiger partial charge in [-0.15, -0.1) is 0 Å². The van der Waals surface area contributed by atoms with Gasteiger partial charge < -0.3 is 10.6 Å². The van der Waals surface area contributed by atoms with E-state index in [1.54, 1.807) is 0 Å². The van der Waals surface area contributed by atoms with E-state index in [0.717, 1.165) is 32.7 Å². The highest BCUT2D eigenvalue weighted by molar-refractivity contribution is 5.14. The van der Waals surface area contributed by atoms with E-state index >= 15 is 0 Å². The third kappa shape index (κ3) is 4.11. The molecular formula is C14H23N3. The van der Waals surface area contributed by atoms with Gasteiger partial charge in [0, 0.05) is 32.7 Å². The van der Waals surface area contributed by atoms with Crippen molar-refractivity contribution in [1.29, 1.82) is 0 Å². The van der Waals surface area contributed by atoms with Crippen LogP contribution in [0.2, 0.25) is 0 Å². The normalized spacial score (nSPS) is 19.1. The summed E-state index contributed by atoms with van der Waals surface area (Å²) in [6, 6.07) is 10.7. The van der Waals surface area contributed by atoms with Gasteiger partial charge in [-0.1, -0.05) is 30.3 Å². The fourth-order valence-electron chi connectivity index (χ4n) is 2.43. The van der Waals surface area contributed by atoms with Gasteiger partial charge in [0.15, 0.2) is 0 Å². The molecule has 0 radical (unpaired) electrons. The lowest BCUT2D eigenvalue weighted by atomic mass is 10.2. The Kier molecular flexibility index (Phi) is 4.98. The molecule has 1 fully saturated rings. The van der Waals surface area contributed by atoms with E-state index < -0.39 is 0 Å². The highest BCUT2D eigenvalue weighted by Crippen LogP contribution is 2.08. The van der Waals surface area contributed by atoms with Crippen LogP contribution in [0.4, 0.5) is 0 Å². The summed E-state index contributed by atoms with van der Waals surface area (Å²) in [5, 5.41) is 0. The Morgan fingerprint density at radius 2 is 1.65 bits per heavy atom. The Hall–Kier alpha value is -0.900. The van der Waals surface area contributed by atoms with E-state index in [2.05, 4.69) is 40.1 Å². The van der Waals surface area contributed by atoms with E-state index in [9.17, 15) is 0 Å². The Morgan fingerprint density at radius 3 is 2.41 bits per heavy atom. The molecule has 3 heteroatoms. The topological polar surface area (TPSA) is 32.5 Å². The fourth-order valence-corrected chi connectivity index (χ4v) is 2.43. The summed E-state index contributed by atoms with van der Waals surface area (Å²) in [6.45, 7) is 7.62. The zero-order chi connectivity index (χ0) is 11.9. The quantitative estimate of drug-likeness (QED) is 0.847. The zero-order valence-electron chi connectivity index (χ0n) is 10.5. The molecular weight excluding hydrogens is 210 g/mol. The molecule has 0 amide bonds. The molecule has 17 heavy (non-hydrogen) atoms. The van der Waals surface area contributed by atoms with Gasteiger partial charge in [-0.3, -0.25) is 4.90 Å². The average Bonchev–Trinajstić information content (AvgIpc) is 2.57. The second kappa shape index (κ2) is 6.74. The number of hydrogen-bond donors (Lipinski definition) is 1. The van der Waals surface area contributed by atoms with Crippen molar-refractivity contribution in [3.63, 3.8) is 0 Å². The zero-order valence-corrected chi connectivity index (χ0v) is 10.5. The largest absolute Gasteiger partial charge is 0.329 e.